The van der Waals surface area contributed by atoms with Crippen molar-refractivity contribution in [1.82, 2.24) is 14.7 Å². The first-order valence-electron chi connectivity index (χ1n) is 6.99. The largest absolute Gasteiger partial charge is 0.384 e. The molecule has 1 atom stereocenters. The molecule has 1 amide bonds. The maximum Gasteiger partial charge on any atom is 0.228 e. The van der Waals surface area contributed by atoms with Gasteiger partial charge in [0.1, 0.15) is 0 Å². The van der Waals surface area contributed by atoms with E-state index in [4.69, 9.17) is 4.74 Å². The predicted molar refractivity (Wildman–Crippen MR) is 81.3 cm³/mol. The third-order valence-electron chi connectivity index (χ3n) is 3.75. The third-order valence-corrected chi connectivity index (χ3v) is 4.63. The first-order chi connectivity index (χ1) is 10.2. The lowest BCUT2D eigenvalue weighted by Crippen LogP contribution is -2.40. The maximum atomic E-state index is 12.5. The van der Waals surface area contributed by atoms with Crippen molar-refractivity contribution < 1.29 is 9.53 Å². The summed E-state index contributed by atoms with van der Waals surface area (Å²) in [6.07, 6.45) is 2.48. The molecule has 0 aliphatic carbocycles. The van der Waals surface area contributed by atoms with Crippen molar-refractivity contribution in [2.45, 2.75) is 18.9 Å². The fraction of sp³-hybridized carbons (Fsp3) is 0.467. The Morgan fingerprint density at radius 2 is 2.43 bits per heavy atom. The summed E-state index contributed by atoms with van der Waals surface area (Å²) in [6.45, 7) is 1.92. The minimum Gasteiger partial charge on any atom is -0.384 e. The topological polar surface area (TPSA) is 47.4 Å². The second-order valence-corrected chi connectivity index (χ2v) is 6.43. The second-order valence-electron chi connectivity index (χ2n) is 5.40. The first kappa shape index (κ1) is 14.3. The van der Waals surface area contributed by atoms with Crippen molar-refractivity contribution in [2.75, 3.05) is 20.3 Å². The predicted octanol–water partition coefficient (Wildman–Crippen LogP) is 1.80. The van der Waals surface area contributed by atoms with Gasteiger partial charge in [-0.05, 0) is 11.4 Å². The summed E-state index contributed by atoms with van der Waals surface area (Å²) in [4.78, 5) is 15.5. The fourth-order valence-electron chi connectivity index (χ4n) is 2.84. The van der Waals surface area contributed by atoms with E-state index in [1.807, 2.05) is 40.3 Å². The normalized spacial score (nSPS) is 17.8. The van der Waals surface area contributed by atoms with Crippen molar-refractivity contribution in [3.8, 4) is 0 Å². The van der Waals surface area contributed by atoms with Crippen molar-refractivity contribution in [3.63, 3.8) is 0 Å². The van der Waals surface area contributed by atoms with E-state index in [0.29, 0.717) is 26.1 Å². The molecule has 3 heterocycles. The number of amides is 1. The summed E-state index contributed by atoms with van der Waals surface area (Å²) in [6, 6.07) is 3.99. The number of ether oxygens (including phenoxy) is 1. The summed E-state index contributed by atoms with van der Waals surface area (Å²) >= 11 is 1.63. The number of aryl methyl sites for hydroxylation is 1. The van der Waals surface area contributed by atoms with E-state index >= 15 is 0 Å². The highest BCUT2D eigenvalue weighted by molar-refractivity contribution is 7.10. The van der Waals surface area contributed by atoms with Gasteiger partial charge in [-0.1, -0.05) is 6.07 Å². The zero-order chi connectivity index (χ0) is 14.8. The van der Waals surface area contributed by atoms with E-state index in [1.54, 1.807) is 18.4 Å². The maximum absolute atomic E-state index is 12.5. The number of thiophene rings is 1. The van der Waals surface area contributed by atoms with Crippen LogP contribution in [0.25, 0.3) is 0 Å². The lowest BCUT2D eigenvalue weighted by molar-refractivity contribution is -0.131. The number of hydrogen-bond donors (Lipinski definition) is 0. The molecule has 0 unspecified atom stereocenters. The van der Waals surface area contributed by atoms with E-state index in [-0.39, 0.29) is 11.8 Å². The number of rotatable bonds is 4. The average Bonchev–Trinajstić information content (AvgIpc) is 3.07. The zero-order valence-electron chi connectivity index (χ0n) is 12.3. The van der Waals surface area contributed by atoms with Gasteiger partial charge in [-0.3, -0.25) is 9.48 Å². The van der Waals surface area contributed by atoms with Crippen LogP contribution in [0.1, 0.15) is 22.1 Å². The molecule has 0 radical (unpaired) electrons. The highest BCUT2D eigenvalue weighted by Crippen LogP contribution is 2.27. The van der Waals surface area contributed by atoms with Crippen LogP contribution in [0.3, 0.4) is 0 Å². The summed E-state index contributed by atoms with van der Waals surface area (Å²) < 4.78 is 7.12. The Hall–Kier alpha value is -1.66. The van der Waals surface area contributed by atoms with E-state index in [2.05, 4.69) is 5.10 Å². The van der Waals surface area contributed by atoms with Crippen LogP contribution in [0.2, 0.25) is 0 Å². The Kier molecular flexibility index (Phi) is 4.07. The Labute approximate surface area is 128 Å². The fourth-order valence-corrected chi connectivity index (χ4v) is 3.54. The molecular formula is C15H19N3O2S. The SMILES string of the molecule is COC[C@@H]1CN(C(=O)Cc2cccs2)Cc2cn(C)nc21. The van der Waals surface area contributed by atoms with Gasteiger partial charge in [0.15, 0.2) is 0 Å². The number of aromatic nitrogens is 2. The third kappa shape index (κ3) is 3.01. The number of hydrogen-bond acceptors (Lipinski definition) is 4. The molecule has 0 bridgehead atoms. The average molecular weight is 305 g/mol. The van der Waals surface area contributed by atoms with Crippen LogP contribution in [0.4, 0.5) is 0 Å². The molecule has 2 aromatic heterocycles. The number of carbonyl (C=O) groups is 1. The standard InChI is InChI=1S/C15H19N3O2S/c1-17-7-11-8-18(9-12(10-20-2)15(11)16-17)14(19)6-13-4-3-5-21-13/h3-5,7,12H,6,8-10H2,1-2H3/t12-/m0/s1. The van der Waals surface area contributed by atoms with Crippen molar-refractivity contribution >= 4 is 17.2 Å². The van der Waals surface area contributed by atoms with Crippen LogP contribution < -0.4 is 0 Å². The summed E-state index contributed by atoms with van der Waals surface area (Å²) in [7, 11) is 3.61. The van der Waals surface area contributed by atoms with Crippen molar-refractivity contribution in [1.29, 1.82) is 0 Å². The summed E-state index contributed by atoms with van der Waals surface area (Å²) in [5.74, 6) is 0.334. The molecule has 2 aromatic rings. The molecule has 0 fully saturated rings. The minimum absolute atomic E-state index is 0.159. The van der Waals surface area contributed by atoms with E-state index < -0.39 is 0 Å². The second kappa shape index (κ2) is 5.99. The Morgan fingerprint density at radius 1 is 1.57 bits per heavy atom. The highest BCUT2D eigenvalue weighted by Gasteiger charge is 2.30. The Balaban J connectivity index is 1.77. The number of fused-ring (bicyclic) bond motifs is 1. The molecule has 6 heteroatoms. The highest BCUT2D eigenvalue weighted by atomic mass is 32.1. The van der Waals surface area contributed by atoms with Gasteiger partial charge < -0.3 is 9.64 Å². The van der Waals surface area contributed by atoms with Gasteiger partial charge in [-0.15, -0.1) is 11.3 Å². The van der Waals surface area contributed by atoms with E-state index in [0.717, 1.165) is 16.1 Å². The lowest BCUT2D eigenvalue weighted by atomic mass is 9.97. The summed E-state index contributed by atoms with van der Waals surface area (Å²) in [5, 5.41) is 6.53. The number of carbonyl (C=O) groups excluding carboxylic acids is 1. The van der Waals surface area contributed by atoms with Crippen LogP contribution in [-0.2, 0) is 29.5 Å². The van der Waals surface area contributed by atoms with Crippen LogP contribution in [0.15, 0.2) is 23.7 Å². The van der Waals surface area contributed by atoms with Crippen LogP contribution in [0.5, 0.6) is 0 Å². The van der Waals surface area contributed by atoms with Gasteiger partial charge in [0, 0.05) is 49.8 Å². The molecule has 0 saturated heterocycles. The molecule has 0 spiro atoms. The molecule has 21 heavy (non-hydrogen) atoms. The van der Waals surface area contributed by atoms with E-state index in [9.17, 15) is 4.79 Å². The van der Waals surface area contributed by atoms with Gasteiger partial charge in [0.25, 0.3) is 0 Å². The number of nitrogens with zero attached hydrogens (tertiary/aromatic N) is 3. The smallest absolute Gasteiger partial charge is 0.228 e. The molecule has 0 aromatic carbocycles. The van der Waals surface area contributed by atoms with Gasteiger partial charge in [-0.2, -0.15) is 5.10 Å². The van der Waals surface area contributed by atoms with Crippen LogP contribution >= 0.6 is 11.3 Å². The monoisotopic (exact) mass is 305 g/mol. The first-order valence-corrected chi connectivity index (χ1v) is 7.87. The summed E-state index contributed by atoms with van der Waals surface area (Å²) in [5.41, 5.74) is 2.20. The quantitative estimate of drug-likeness (QED) is 0.865. The van der Waals surface area contributed by atoms with Crippen molar-refractivity contribution in [3.05, 3.63) is 39.8 Å². The molecule has 5 nitrogen and oxygen atoms in total. The lowest BCUT2D eigenvalue weighted by Gasteiger charge is -2.31. The molecule has 0 saturated carbocycles. The van der Waals surface area contributed by atoms with Crippen LogP contribution in [-0.4, -0.2) is 40.8 Å². The van der Waals surface area contributed by atoms with Crippen molar-refractivity contribution in [2.24, 2.45) is 7.05 Å². The Bertz CT molecular complexity index is 621. The minimum atomic E-state index is 0.159. The van der Waals surface area contributed by atoms with Gasteiger partial charge in [-0.25, -0.2) is 0 Å². The Morgan fingerprint density at radius 3 is 3.14 bits per heavy atom. The number of methoxy groups -OCH3 is 1. The van der Waals surface area contributed by atoms with Gasteiger partial charge in [0.05, 0.1) is 18.7 Å². The molecule has 112 valence electrons. The molecule has 1 aliphatic rings. The molecule has 1 aliphatic heterocycles. The van der Waals surface area contributed by atoms with Crippen LogP contribution in [0, 0.1) is 0 Å². The zero-order valence-corrected chi connectivity index (χ0v) is 13.1. The van der Waals surface area contributed by atoms with E-state index in [1.165, 1.54) is 0 Å². The molecular weight excluding hydrogens is 286 g/mol. The van der Waals surface area contributed by atoms with Gasteiger partial charge >= 0.3 is 0 Å². The molecule has 3 rings (SSSR count). The van der Waals surface area contributed by atoms with Gasteiger partial charge in [0.2, 0.25) is 5.91 Å². The molecule has 0 N–H and O–H groups in total.